The molecule has 1 heterocycles. The lowest BCUT2D eigenvalue weighted by Gasteiger charge is -2.33. The van der Waals surface area contributed by atoms with Crippen LogP contribution in [0.4, 0.5) is 17.6 Å². The molecule has 1 aromatic carbocycles. The lowest BCUT2D eigenvalue weighted by atomic mass is 10.1. The summed E-state index contributed by atoms with van der Waals surface area (Å²) < 4.78 is 78.5. The topological polar surface area (TPSA) is 49.4 Å². The van der Waals surface area contributed by atoms with Crippen molar-refractivity contribution < 1.29 is 26.0 Å². The zero-order valence-corrected chi connectivity index (χ0v) is 14.1. The van der Waals surface area contributed by atoms with Crippen LogP contribution in [-0.4, -0.2) is 38.4 Å². The van der Waals surface area contributed by atoms with Gasteiger partial charge >= 0.3 is 6.18 Å². The number of alkyl halides is 3. The second kappa shape index (κ2) is 7.37. The molecule has 1 N–H and O–H groups in total. The van der Waals surface area contributed by atoms with Crippen molar-refractivity contribution in [1.82, 2.24) is 9.62 Å². The zero-order valence-electron chi connectivity index (χ0n) is 13.2. The smallest absolute Gasteiger partial charge is 0.317 e. The SMILES string of the molecule is CCCN(C1CCNCC1)S(=O)(=O)c1ccc(C(F)(F)F)c(F)c1. The molecule has 1 aromatic rings. The van der Waals surface area contributed by atoms with E-state index in [1.807, 2.05) is 6.92 Å². The Bertz CT molecular complexity index is 671. The van der Waals surface area contributed by atoms with Crippen molar-refractivity contribution in [3.05, 3.63) is 29.6 Å². The Morgan fingerprint density at radius 1 is 1.25 bits per heavy atom. The van der Waals surface area contributed by atoms with Crippen LogP contribution in [0.5, 0.6) is 0 Å². The fourth-order valence-electron chi connectivity index (χ4n) is 2.84. The number of benzene rings is 1. The van der Waals surface area contributed by atoms with Crippen LogP contribution in [0.15, 0.2) is 23.1 Å². The van der Waals surface area contributed by atoms with E-state index in [1.54, 1.807) is 0 Å². The summed E-state index contributed by atoms with van der Waals surface area (Å²) in [5, 5.41) is 3.13. The molecule has 0 spiro atoms. The van der Waals surface area contributed by atoms with Gasteiger partial charge in [-0.25, -0.2) is 12.8 Å². The molecule has 0 aliphatic carbocycles. The Labute approximate surface area is 138 Å². The first-order valence-corrected chi connectivity index (χ1v) is 9.21. The normalized spacial score (nSPS) is 17.4. The van der Waals surface area contributed by atoms with Gasteiger partial charge < -0.3 is 5.32 Å². The number of hydrogen-bond acceptors (Lipinski definition) is 3. The molecule has 0 aromatic heterocycles. The summed E-state index contributed by atoms with van der Waals surface area (Å²) >= 11 is 0. The van der Waals surface area contributed by atoms with Crippen LogP contribution < -0.4 is 5.32 Å². The van der Waals surface area contributed by atoms with Crippen molar-refractivity contribution in [3.63, 3.8) is 0 Å². The molecule has 1 aliphatic heterocycles. The minimum absolute atomic E-state index is 0.235. The molecule has 2 rings (SSSR count). The van der Waals surface area contributed by atoms with Gasteiger partial charge in [-0.2, -0.15) is 17.5 Å². The monoisotopic (exact) mass is 368 g/mol. The number of halogens is 4. The molecule has 1 aliphatic rings. The number of nitrogens with one attached hydrogen (secondary N) is 1. The van der Waals surface area contributed by atoms with E-state index in [9.17, 15) is 26.0 Å². The highest BCUT2D eigenvalue weighted by molar-refractivity contribution is 7.89. The van der Waals surface area contributed by atoms with Crippen LogP contribution in [-0.2, 0) is 16.2 Å². The summed E-state index contributed by atoms with van der Waals surface area (Å²) in [7, 11) is -4.05. The van der Waals surface area contributed by atoms with Crippen LogP contribution >= 0.6 is 0 Å². The summed E-state index contributed by atoms with van der Waals surface area (Å²) in [4.78, 5) is -0.444. The van der Waals surface area contributed by atoms with Crippen LogP contribution in [0.1, 0.15) is 31.7 Å². The van der Waals surface area contributed by atoms with Gasteiger partial charge in [-0.1, -0.05) is 6.92 Å². The van der Waals surface area contributed by atoms with E-state index in [0.29, 0.717) is 44.5 Å². The standard InChI is InChI=1S/C15H20F4N2O2S/c1-2-9-21(11-5-7-20-8-6-11)24(22,23)12-3-4-13(14(16)10-12)15(17,18)19/h3-4,10-11,20H,2,5-9H2,1H3. The van der Waals surface area contributed by atoms with Gasteiger partial charge in [-0.3, -0.25) is 0 Å². The van der Waals surface area contributed by atoms with Crippen molar-refractivity contribution in [2.75, 3.05) is 19.6 Å². The summed E-state index contributed by atoms with van der Waals surface area (Å²) in [5.41, 5.74) is -1.47. The quantitative estimate of drug-likeness (QED) is 0.813. The predicted molar refractivity (Wildman–Crippen MR) is 81.5 cm³/mol. The minimum atomic E-state index is -4.86. The highest BCUT2D eigenvalue weighted by atomic mass is 32.2. The van der Waals surface area contributed by atoms with Gasteiger partial charge in [0.25, 0.3) is 0 Å². The van der Waals surface area contributed by atoms with Gasteiger partial charge in [0.05, 0.1) is 10.5 Å². The van der Waals surface area contributed by atoms with Crippen molar-refractivity contribution in [2.24, 2.45) is 0 Å². The van der Waals surface area contributed by atoms with Gasteiger partial charge in [-0.05, 0) is 50.6 Å². The molecule has 0 atom stereocenters. The molecular formula is C15H20F4N2O2S. The number of sulfonamides is 1. The van der Waals surface area contributed by atoms with Gasteiger partial charge in [0.15, 0.2) is 0 Å². The van der Waals surface area contributed by atoms with Gasteiger partial charge in [0.1, 0.15) is 5.82 Å². The van der Waals surface area contributed by atoms with E-state index in [1.165, 1.54) is 4.31 Å². The first-order chi connectivity index (χ1) is 11.2. The van der Waals surface area contributed by atoms with E-state index in [-0.39, 0.29) is 12.6 Å². The van der Waals surface area contributed by atoms with E-state index in [4.69, 9.17) is 0 Å². The van der Waals surface area contributed by atoms with E-state index >= 15 is 0 Å². The average molecular weight is 368 g/mol. The van der Waals surface area contributed by atoms with Crippen LogP contribution in [0.3, 0.4) is 0 Å². The minimum Gasteiger partial charge on any atom is -0.317 e. The van der Waals surface area contributed by atoms with Gasteiger partial charge in [0, 0.05) is 12.6 Å². The molecule has 9 heteroatoms. The van der Waals surface area contributed by atoms with Gasteiger partial charge in [0.2, 0.25) is 10.0 Å². The maximum atomic E-state index is 13.8. The van der Waals surface area contributed by atoms with Crippen molar-refractivity contribution in [3.8, 4) is 0 Å². The molecule has 136 valence electrons. The second-order valence-electron chi connectivity index (χ2n) is 5.74. The van der Waals surface area contributed by atoms with Crippen molar-refractivity contribution >= 4 is 10.0 Å². The largest absolute Gasteiger partial charge is 0.419 e. The Kier molecular flexibility index (Phi) is 5.87. The Balaban J connectivity index is 2.37. The molecule has 0 unspecified atom stereocenters. The lowest BCUT2D eigenvalue weighted by molar-refractivity contribution is -0.140. The average Bonchev–Trinajstić information content (AvgIpc) is 2.52. The number of rotatable bonds is 5. The predicted octanol–water partition coefficient (Wildman–Crippen LogP) is 3.00. The van der Waals surface area contributed by atoms with Crippen LogP contribution in [0.2, 0.25) is 0 Å². The number of hydrogen-bond donors (Lipinski definition) is 1. The summed E-state index contributed by atoms with van der Waals surface area (Å²) in [5.74, 6) is -1.58. The summed E-state index contributed by atoms with van der Waals surface area (Å²) in [6.45, 7) is 3.40. The Morgan fingerprint density at radius 2 is 1.88 bits per heavy atom. The highest BCUT2D eigenvalue weighted by Gasteiger charge is 2.36. The molecule has 0 saturated carbocycles. The fourth-order valence-corrected chi connectivity index (χ4v) is 4.63. The third-order valence-electron chi connectivity index (χ3n) is 4.01. The van der Waals surface area contributed by atoms with E-state index < -0.39 is 32.5 Å². The Hall–Kier alpha value is -1.19. The molecule has 4 nitrogen and oxygen atoms in total. The van der Waals surface area contributed by atoms with E-state index in [0.717, 1.165) is 6.07 Å². The number of nitrogens with zero attached hydrogens (tertiary/aromatic N) is 1. The third kappa shape index (κ3) is 4.07. The van der Waals surface area contributed by atoms with Crippen molar-refractivity contribution in [1.29, 1.82) is 0 Å². The van der Waals surface area contributed by atoms with Crippen molar-refractivity contribution in [2.45, 2.75) is 43.3 Å². The first kappa shape index (κ1) is 19.1. The zero-order chi connectivity index (χ0) is 18.0. The molecule has 1 fully saturated rings. The fraction of sp³-hybridized carbons (Fsp3) is 0.600. The molecule has 0 bridgehead atoms. The molecule has 0 amide bonds. The maximum Gasteiger partial charge on any atom is 0.419 e. The third-order valence-corrected chi connectivity index (χ3v) is 5.96. The van der Waals surface area contributed by atoms with E-state index in [2.05, 4.69) is 5.32 Å². The highest BCUT2D eigenvalue weighted by Crippen LogP contribution is 2.33. The first-order valence-electron chi connectivity index (χ1n) is 7.77. The molecule has 0 radical (unpaired) electrons. The summed E-state index contributed by atoms with van der Waals surface area (Å²) in [6, 6.07) is 1.53. The lowest BCUT2D eigenvalue weighted by Crippen LogP contribution is -2.46. The van der Waals surface area contributed by atoms with Gasteiger partial charge in [-0.15, -0.1) is 0 Å². The maximum absolute atomic E-state index is 13.8. The molecular weight excluding hydrogens is 348 g/mol. The number of piperidine rings is 1. The second-order valence-corrected chi connectivity index (χ2v) is 7.63. The molecule has 1 saturated heterocycles. The summed E-state index contributed by atoms with van der Waals surface area (Å²) in [6.07, 6.45) is -3.07. The Morgan fingerprint density at radius 3 is 2.38 bits per heavy atom. The molecule has 24 heavy (non-hydrogen) atoms. The van der Waals surface area contributed by atoms with Crippen LogP contribution in [0.25, 0.3) is 0 Å². The van der Waals surface area contributed by atoms with Crippen LogP contribution in [0, 0.1) is 5.82 Å².